The van der Waals surface area contributed by atoms with Crippen molar-refractivity contribution in [1.82, 2.24) is 9.78 Å². The summed E-state index contributed by atoms with van der Waals surface area (Å²) in [5, 5.41) is 5.38. The highest BCUT2D eigenvalue weighted by atomic mass is 35.5. The molecule has 1 heterocycles. The number of aryl methyl sites for hydroxylation is 1. The third-order valence-corrected chi connectivity index (χ3v) is 6.19. The minimum absolute atomic E-state index is 0.324. The van der Waals surface area contributed by atoms with E-state index in [1.165, 1.54) is 5.56 Å². The van der Waals surface area contributed by atoms with Crippen molar-refractivity contribution < 1.29 is 14.3 Å². The van der Waals surface area contributed by atoms with Gasteiger partial charge in [0.1, 0.15) is 0 Å². The van der Waals surface area contributed by atoms with Crippen LogP contribution >= 0.6 is 11.6 Å². The molecule has 39 heavy (non-hydrogen) atoms. The van der Waals surface area contributed by atoms with Gasteiger partial charge in [-0.15, -0.1) is 0 Å². The van der Waals surface area contributed by atoms with Gasteiger partial charge in [-0.2, -0.15) is 5.10 Å². The molecule has 0 saturated carbocycles. The fourth-order valence-electron chi connectivity index (χ4n) is 3.93. The van der Waals surface area contributed by atoms with Gasteiger partial charge >= 0.3 is 5.97 Å². The van der Waals surface area contributed by atoms with Crippen LogP contribution in [0.4, 0.5) is 5.82 Å². The summed E-state index contributed by atoms with van der Waals surface area (Å²) in [4.78, 5) is 17.4. The molecule has 0 aliphatic carbocycles. The van der Waals surface area contributed by atoms with E-state index in [-0.39, 0.29) is 0 Å². The van der Waals surface area contributed by atoms with Gasteiger partial charge in [0, 0.05) is 22.9 Å². The number of rotatable bonds is 8. The topological polar surface area (TPSA) is 65.7 Å². The number of aliphatic imine (C=N–C) groups is 1. The summed E-state index contributed by atoms with van der Waals surface area (Å²) in [6.45, 7) is 4.34. The number of esters is 1. The summed E-state index contributed by atoms with van der Waals surface area (Å²) in [6, 6.07) is 31.9. The quantitative estimate of drug-likeness (QED) is 0.115. The minimum Gasteiger partial charge on any atom is -0.490 e. The van der Waals surface area contributed by atoms with Crippen LogP contribution in [0.3, 0.4) is 0 Å². The van der Waals surface area contributed by atoms with Crippen molar-refractivity contribution in [3.05, 3.63) is 125 Å². The van der Waals surface area contributed by atoms with E-state index >= 15 is 0 Å². The molecular formula is C32H26ClN3O3. The maximum absolute atomic E-state index is 12.6. The lowest BCUT2D eigenvalue weighted by atomic mass is 10.1. The first-order valence-electron chi connectivity index (χ1n) is 12.5. The van der Waals surface area contributed by atoms with Crippen molar-refractivity contribution in [2.75, 3.05) is 6.61 Å². The summed E-state index contributed by atoms with van der Waals surface area (Å²) in [7, 11) is 0. The maximum Gasteiger partial charge on any atom is 0.343 e. The number of benzene rings is 4. The monoisotopic (exact) mass is 535 g/mol. The number of hydrogen-bond donors (Lipinski definition) is 0. The van der Waals surface area contributed by atoms with E-state index in [4.69, 9.17) is 31.2 Å². The smallest absolute Gasteiger partial charge is 0.343 e. The fraction of sp³-hybridized carbons (Fsp3) is 0.0938. The van der Waals surface area contributed by atoms with Crippen LogP contribution in [-0.4, -0.2) is 28.6 Å². The zero-order chi connectivity index (χ0) is 27.2. The number of halogens is 1. The number of hydrogen-bond acceptors (Lipinski definition) is 5. The highest BCUT2D eigenvalue weighted by Gasteiger charge is 2.14. The van der Waals surface area contributed by atoms with Crippen LogP contribution in [0, 0.1) is 6.92 Å². The highest BCUT2D eigenvalue weighted by Crippen LogP contribution is 2.30. The summed E-state index contributed by atoms with van der Waals surface area (Å²) in [5.74, 6) is 0.947. The first-order chi connectivity index (χ1) is 19.0. The summed E-state index contributed by atoms with van der Waals surface area (Å²) in [5.41, 5.74) is 5.10. The van der Waals surface area contributed by atoms with Gasteiger partial charge < -0.3 is 9.47 Å². The molecule has 0 N–H and O–H groups in total. The predicted octanol–water partition coefficient (Wildman–Crippen LogP) is 7.87. The third kappa shape index (κ3) is 6.25. The Morgan fingerprint density at radius 1 is 0.923 bits per heavy atom. The fourth-order valence-corrected chi connectivity index (χ4v) is 4.06. The molecule has 4 aromatic carbocycles. The van der Waals surface area contributed by atoms with Crippen molar-refractivity contribution in [2.24, 2.45) is 4.99 Å². The Hall–Kier alpha value is -4.68. The number of carbonyl (C=O) groups excluding carboxylic acids is 1. The van der Waals surface area contributed by atoms with Gasteiger partial charge in [0.25, 0.3) is 0 Å². The second-order valence-corrected chi connectivity index (χ2v) is 9.23. The second-order valence-electron chi connectivity index (χ2n) is 8.79. The Kier molecular flexibility index (Phi) is 7.85. The first kappa shape index (κ1) is 25.9. The lowest BCUT2D eigenvalue weighted by Crippen LogP contribution is -2.09. The molecule has 0 amide bonds. The van der Waals surface area contributed by atoms with E-state index in [0.29, 0.717) is 34.5 Å². The van der Waals surface area contributed by atoms with E-state index in [1.807, 2.05) is 54.1 Å². The maximum atomic E-state index is 12.6. The molecule has 0 aliphatic rings. The van der Waals surface area contributed by atoms with E-state index < -0.39 is 5.97 Å². The molecule has 5 rings (SSSR count). The standard InChI is InChI=1S/C32H26ClN3O3/c1-3-38-30-19-23(11-18-29(30)39-32(37)25-14-16-26(33)17-15-25)21-34-31-20-28(24-12-9-22(2)10-13-24)35-36(31)27-7-5-4-6-8-27/h4-21H,3H2,1-2H3. The lowest BCUT2D eigenvalue weighted by Gasteiger charge is -2.11. The van der Waals surface area contributed by atoms with Gasteiger partial charge in [-0.05, 0) is 74.0 Å². The molecule has 5 aromatic rings. The molecule has 7 heteroatoms. The number of aromatic nitrogens is 2. The zero-order valence-electron chi connectivity index (χ0n) is 21.5. The molecule has 6 nitrogen and oxygen atoms in total. The lowest BCUT2D eigenvalue weighted by molar-refractivity contribution is 0.0728. The van der Waals surface area contributed by atoms with Gasteiger partial charge in [-0.1, -0.05) is 59.6 Å². The number of carbonyl (C=O) groups is 1. The summed E-state index contributed by atoms with van der Waals surface area (Å²) in [6.07, 6.45) is 1.74. The average molecular weight is 536 g/mol. The van der Waals surface area contributed by atoms with E-state index in [1.54, 1.807) is 42.6 Å². The van der Waals surface area contributed by atoms with Crippen LogP contribution in [0.2, 0.25) is 5.02 Å². The molecule has 0 saturated heterocycles. The Balaban J connectivity index is 1.44. The van der Waals surface area contributed by atoms with Crippen LogP contribution < -0.4 is 9.47 Å². The van der Waals surface area contributed by atoms with Crippen LogP contribution in [0.15, 0.2) is 108 Å². The van der Waals surface area contributed by atoms with Gasteiger partial charge in [0.15, 0.2) is 17.3 Å². The molecule has 0 aliphatic heterocycles. The molecule has 0 atom stereocenters. The number of nitrogens with zero attached hydrogens (tertiary/aromatic N) is 3. The van der Waals surface area contributed by atoms with E-state index in [9.17, 15) is 4.79 Å². The average Bonchev–Trinajstić information content (AvgIpc) is 3.39. The number of para-hydroxylation sites is 1. The van der Waals surface area contributed by atoms with Crippen molar-refractivity contribution in [1.29, 1.82) is 0 Å². The highest BCUT2D eigenvalue weighted by molar-refractivity contribution is 6.30. The van der Waals surface area contributed by atoms with Crippen molar-refractivity contribution in [3.8, 4) is 28.4 Å². The van der Waals surface area contributed by atoms with Gasteiger partial charge in [-0.25, -0.2) is 14.5 Å². The Bertz CT molecular complexity index is 1610. The Morgan fingerprint density at radius 3 is 2.38 bits per heavy atom. The summed E-state index contributed by atoms with van der Waals surface area (Å²) >= 11 is 5.93. The predicted molar refractivity (Wildman–Crippen MR) is 155 cm³/mol. The SMILES string of the molecule is CCOc1cc(C=Nc2cc(-c3ccc(C)cc3)nn2-c2ccccc2)ccc1OC(=O)c1ccc(Cl)cc1. The molecule has 0 bridgehead atoms. The minimum atomic E-state index is -0.496. The second kappa shape index (κ2) is 11.8. The molecule has 194 valence electrons. The molecule has 0 fully saturated rings. The van der Waals surface area contributed by atoms with Gasteiger partial charge in [0.2, 0.25) is 0 Å². The van der Waals surface area contributed by atoms with Crippen LogP contribution in [-0.2, 0) is 0 Å². The zero-order valence-corrected chi connectivity index (χ0v) is 22.3. The van der Waals surface area contributed by atoms with Crippen LogP contribution in [0.5, 0.6) is 11.5 Å². The summed E-state index contributed by atoms with van der Waals surface area (Å²) < 4.78 is 13.2. The molecular weight excluding hydrogens is 510 g/mol. The van der Waals surface area contributed by atoms with E-state index in [2.05, 4.69) is 31.2 Å². The Morgan fingerprint density at radius 2 is 1.67 bits per heavy atom. The molecule has 0 radical (unpaired) electrons. The molecule has 0 spiro atoms. The van der Waals surface area contributed by atoms with E-state index in [0.717, 1.165) is 22.5 Å². The Labute approximate surface area is 232 Å². The normalized spacial score (nSPS) is 11.1. The van der Waals surface area contributed by atoms with Crippen LogP contribution in [0.25, 0.3) is 16.9 Å². The largest absolute Gasteiger partial charge is 0.490 e. The molecule has 0 unspecified atom stereocenters. The van der Waals surface area contributed by atoms with Crippen molar-refractivity contribution in [3.63, 3.8) is 0 Å². The molecule has 1 aromatic heterocycles. The first-order valence-corrected chi connectivity index (χ1v) is 12.9. The van der Waals surface area contributed by atoms with Crippen molar-refractivity contribution >= 4 is 29.6 Å². The third-order valence-electron chi connectivity index (χ3n) is 5.93. The van der Waals surface area contributed by atoms with Gasteiger partial charge in [0.05, 0.1) is 23.6 Å². The van der Waals surface area contributed by atoms with Crippen molar-refractivity contribution in [2.45, 2.75) is 13.8 Å². The van der Waals surface area contributed by atoms with Gasteiger partial charge in [-0.3, -0.25) is 0 Å². The number of ether oxygens (including phenoxy) is 2. The van der Waals surface area contributed by atoms with Crippen LogP contribution in [0.1, 0.15) is 28.4 Å².